The third-order valence-corrected chi connectivity index (χ3v) is 7.23. The molecule has 0 fully saturated rings. The van der Waals surface area contributed by atoms with Gasteiger partial charge in [0.1, 0.15) is 17.0 Å². The molecule has 0 aliphatic carbocycles. The summed E-state index contributed by atoms with van der Waals surface area (Å²) in [5.41, 5.74) is 7.42. The Morgan fingerprint density at radius 2 is 1.35 bits per heavy atom. The highest BCUT2D eigenvalue weighted by atomic mass is 16.3. The van der Waals surface area contributed by atoms with Crippen molar-refractivity contribution < 1.29 is 4.42 Å². The number of hydrogen-bond acceptors (Lipinski definition) is 2. The van der Waals surface area contributed by atoms with E-state index in [0.717, 1.165) is 44.7 Å². The largest absolute Gasteiger partial charge is 0.456 e. The lowest BCUT2D eigenvalue weighted by Gasteiger charge is -2.11. The summed E-state index contributed by atoms with van der Waals surface area (Å²) >= 11 is 0. The second-order valence-corrected chi connectivity index (χ2v) is 9.29. The third-order valence-electron chi connectivity index (χ3n) is 7.23. The SMILES string of the molecule is c1ccc(-n2c3ccccc3c3cc(-c4nccn4-c4cccc5oc6ccccc6c45)ccc32)cc1. The van der Waals surface area contributed by atoms with Crippen molar-refractivity contribution >= 4 is 43.7 Å². The van der Waals surface area contributed by atoms with Gasteiger partial charge >= 0.3 is 0 Å². The maximum absolute atomic E-state index is 6.15. The zero-order valence-corrected chi connectivity index (χ0v) is 19.9. The molecule has 3 heterocycles. The highest BCUT2D eigenvalue weighted by Crippen LogP contribution is 2.37. The van der Waals surface area contributed by atoms with Gasteiger partial charge in [-0.3, -0.25) is 4.57 Å². The topological polar surface area (TPSA) is 35.9 Å². The molecule has 8 aromatic rings. The van der Waals surface area contributed by atoms with Crippen molar-refractivity contribution in [3.8, 4) is 22.8 Å². The van der Waals surface area contributed by atoms with Crippen LogP contribution in [0.4, 0.5) is 0 Å². The van der Waals surface area contributed by atoms with E-state index in [9.17, 15) is 0 Å². The Hall–Kier alpha value is -5.09. The summed E-state index contributed by atoms with van der Waals surface area (Å²) in [6, 6.07) is 40.2. The van der Waals surface area contributed by atoms with Crippen LogP contribution in [0, 0.1) is 0 Å². The van der Waals surface area contributed by atoms with Crippen LogP contribution in [-0.4, -0.2) is 14.1 Å². The number of rotatable bonds is 3. The second-order valence-electron chi connectivity index (χ2n) is 9.29. The Bertz CT molecular complexity index is 2090. The molecule has 0 spiro atoms. The molecule has 0 atom stereocenters. The molecule has 0 unspecified atom stereocenters. The summed E-state index contributed by atoms with van der Waals surface area (Å²) in [4.78, 5) is 4.81. The number of hydrogen-bond donors (Lipinski definition) is 0. The summed E-state index contributed by atoms with van der Waals surface area (Å²) in [6.07, 6.45) is 3.90. The lowest BCUT2D eigenvalue weighted by atomic mass is 10.1. The van der Waals surface area contributed by atoms with Gasteiger partial charge < -0.3 is 8.98 Å². The standard InChI is InChI=1S/C33H21N3O/c1-2-9-23(10-3-1)36-27-13-6-4-11-24(27)26-21-22(17-18-28(26)36)33-34-19-20-35(33)29-14-8-16-31-32(29)25-12-5-7-15-30(25)37-31/h1-21H. The predicted molar refractivity (Wildman–Crippen MR) is 151 cm³/mol. The number of aromatic nitrogens is 3. The predicted octanol–water partition coefficient (Wildman–Crippen LogP) is 8.54. The average molecular weight is 476 g/mol. The lowest BCUT2D eigenvalue weighted by molar-refractivity contribution is 0.669. The van der Waals surface area contributed by atoms with E-state index in [0.29, 0.717) is 0 Å². The molecule has 4 nitrogen and oxygen atoms in total. The van der Waals surface area contributed by atoms with Gasteiger partial charge in [-0.05, 0) is 54.6 Å². The minimum absolute atomic E-state index is 0.875. The van der Waals surface area contributed by atoms with Gasteiger partial charge in [-0.25, -0.2) is 4.98 Å². The van der Waals surface area contributed by atoms with Crippen LogP contribution in [0.25, 0.3) is 66.5 Å². The fourth-order valence-electron chi connectivity index (χ4n) is 5.64. The Morgan fingerprint density at radius 1 is 0.595 bits per heavy atom. The van der Waals surface area contributed by atoms with Crippen LogP contribution >= 0.6 is 0 Å². The van der Waals surface area contributed by atoms with Crippen molar-refractivity contribution in [3.05, 3.63) is 128 Å². The van der Waals surface area contributed by atoms with Gasteiger partial charge in [0, 0.05) is 39.8 Å². The van der Waals surface area contributed by atoms with Crippen LogP contribution < -0.4 is 0 Å². The Kier molecular flexibility index (Phi) is 4.19. The molecule has 0 N–H and O–H groups in total. The van der Waals surface area contributed by atoms with Crippen LogP contribution in [0.5, 0.6) is 0 Å². The molecule has 8 rings (SSSR count). The number of furan rings is 1. The average Bonchev–Trinajstić information content (AvgIpc) is 3.67. The van der Waals surface area contributed by atoms with Crippen molar-refractivity contribution in [2.75, 3.05) is 0 Å². The molecule has 0 amide bonds. The monoisotopic (exact) mass is 475 g/mol. The summed E-state index contributed by atoms with van der Waals surface area (Å²) in [7, 11) is 0. The van der Waals surface area contributed by atoms with Gasteiger partial charge in [0.25, 0.3) is 0 Å². The minimum Gasteiger partial charge on any atom is -0.456 e. The van der Waals surface area contributed by atoms with E-state index in [-0.39, 0.29) is 0 Å². The molecular formula is C33H21N3O. The van der Waals surface area contributed by atoms with Crippen molar-refractivity contribution in [2.45, 2.75) is 0 Å². The fraction of sp³-hybridized carbons (Fsp3) is 0. The number of benzene rings is 5. The van der Waals surface area contributed by atoms with Gasteiger partial charge in [0.2, 0.25) is 0 Å². The van der Waals surface area contributed by atoms with Crippen LogP contribution in [0.2, 0.25) is 0 Å². The Morgan fingerprint density at radius 3 is 2.27 bits per heavy atom. The smallest absolute Gasteiger partial charge is 0.144 e. The number of imidazole rings is 1. The Labute approximate surface area is 212 Å². The Balaban J connectivity index is 1.37. The first-order chi connectivity index (χ1) is 18.4. The van der Waals surface area contributed by atoms with E-state index in [1.165, 1.54) is 21.8 Å². The molecule has 0 aliphatic heterocycles. The first-order valence-electron chi connectivity index (χ1n) is 12.4. The highest BCUT2D eigenvalue weighted by Gasteiger charge is 2.17. The summed E-state index contributed by atoms with van der Waals surface area (Å²) in [5, 5.41) is 4.64. The molecule has 0 saturated carbocycles. The van der Waals surface area contributed by atoms with Gasteiger partial charge in [0.05, 0.1) is 22.1 Å². The summed E-state index contributed by atoms with van der Waals surface area (Å²) in [5.74, 6) is 0.899. The van der Waals surface area contributed by atoms with Crippen molar-refractivity contribution in [2.24, 2.45) is 0 Å². The van der Waals surface area contributed by atoms with E-state index in [1.54, 1.807) is 0 Å². The summed E-state index contributed by atoms with van der Waals surface area (Å²) in [6.45, 7) is 0. The van der Waals surface area contributed by atoms with Crippen molar-refractivity contribution in [1.82, 2.24) is 14.1 Å². The van der Waals surface area contributed by atoms with E-state index < -0.39 is 0 Å². The zero-order chi connectivity index (χ0) is 24.3. The molecule has 4 heteroatoms. The van der Waals surface area contributed by atoms with E-state index in [2.05, 4.69) is 100 Å². The highest BCUT2D eigenvalue weighted by molar-refractivity contribution is 6.11. The van der Waals surface area contributed by atoms with E-state index >= 15 is 0 Å². The van der Waals surface area contributed by atoms with Gasteiger partial charge in [-0.1, -0.05) is 60.7 Å². The molecule has 174 valence electrons. The van der Waals surface area contributed by atoms with Crippen LogP contribution in [-0.2, 0) is 0 Å². The summed E-state index contributed by atoms with van der Waals surface area (Å²) < 4.78 is 10.7. The minimum atomic E-state index is 0.875. The van der Waals surface area contributed by atoms with Crippen LogP contribution in [0.15, 0.2) is 132 Å². The maximum atomic E-state index is 6.15. The normalized spacial score (nSPS) is 11.8. The van der Waals surface area contributed by atoms with Gasteiger partial charge in [-0.15, -0.1) is 0 Å². The van der Waals surface area contributed by atoms with Crippen molar-refractivity contribution in [1.29, 1.82) is 0 Å². The molecule has 37 heavy (non-hydrogen) atoms. The van der Waals surface area contributed by atoms with Gasteiger partial charge in [0.15, 0.2) is 0 Å². The maximum Gasteiger partial charge on any atom is 0.144 e. The molecule has 5 aromatic carbocycles. The first kappa shape index (κ1) is 20.1. The molecule has 0 aliphatic rings. The third kappa shape index (κ3) is 2.93. The van der Waals surface area contributed by atoms with E-state index in [4.69, 9.17) is 9.40 Å². The molecule has 3 aromatic heterocycles. The van der Waals surface area contributed by atoms with Crippen LogP contribution in [0.1, 0.15) is 0 Å². The molecule has 0 radical (unpaired) electrons. The van der Waals surface area contributed by atoms with Crippen LogP contribution in [0.3, 0.4) is 0 Å². The second kappa shape index (κ2) is 7.70. The van der Waals surface area contributed by atoms with E-state index in [1.807, 2.05) is 36.7 Å². The molecule has 0 bridgehead atoms. The lowest BCUT2D eigenvalue weighted by Crippen LogP contribution is -1.97. The number of fused-ring (bicyclic) bond motifs is 6. The fourth-order valence-corrected chi connectivity index (χ4v) is 5.64. The molecular weight excluding hydrogens is 454 g/mol. The van der Waals surface area contributed by atoms with Gasteiger partial charge in [-0.2, -0.15) is 0 Å². The first-order valence-corrected chi connectivity index (χ1v) is 12.4. The molecule has 0 saturated heterocycles. The number of nitrogens with zero attached hydrogens (tertiary/aromatic N) is 3. The quantitative estimate of drug-likeness (QED) is 0.257. The number of para-hydroxylation sites is 3. The zero-order valence-electron chi connectivity index (χ0n) is 19.9. The van der Waals surface area contributed by atoms with Crippen molar-refractivity contribution in [3.63, 3.8) is 0 Å².